The molecular formula is C47H40BrN2O5PS. The Kier molecular flexibility index (Phi) is 12.7. The highest BCUT2D eigenvalue weighted by Gasteiger charge is 2.57. The molecule has 1 fully saturated rings. The molecule has 10 heteroatoms. The second kappa shape index (κ2) is 18.2. The van der Waals surface area contributed by atoms with Gasteiger partial charge in [-0.1, -0.05) is 133 Å². The van der Waals surface area contributed by atoms with Gasteiger partial charge in [0.25, 0.3) is 11.8 Å². The van der Waals surface area contributed by atoms with E-state index in [0.717, 1.165) is 32.6 Å². The molecule has 2 heterocycles. The van der Waals surface area contributed by atoms with Crippen LogP contribution in [-0.4, -0.2) is 52.6 Å². The maximum atomic E-state index is 15.0. The second-order valence-corrected chi connectivity index (χ2v) is 18.2. The Bertz CT molecular complexity index is 2190. The zero-order chi connectivity index (χ0) is 38.3. The third-order valence-electron chi connectivity index (χ3n) is 10.1. The Labute approximate surface area is 348 Å². The molecule has 1 saturated heterocycles. The van der Waals surface area contributed by atoms with Gasteiger partial charge in [0.1, 0.15) is 46.0 Å². The first-order valence-corrected chi connectivity index (χ1v) is 21.5. The molecule has 0 spiro atoms. The number of ether oxygens (including phenoxy) is 2. The van der Waals surface area contributed by atoms with Crippen LogP contribution >= 0.6 is 19.0 Å². The van der Waals surface area contributed by atoms with Gasteiger partial charge in [-0.05, 0) is 59.7 Å². The molecule has 0 bridgehead atoms. The Hall–Kier alpha value is -5.47. The van der Waals surface area contributed by atoms with Crippen molar-refractivity contribution in [1.29, 1.82) is 0 Å². The van der Waals surface area contributed by atoms with Gasteiger partial charge < -0.3 is 31.8 Å². The fourth-order valence-corrected chi connectivity index (χ4v) is 13.3. The van der Waals surface area contributed by atoms with Crippen molar-refractivity contribution < 1.29 is 40.8 Å². The summed E-state index contributed by atoms with van der Waals surface area (Å²) in [4.78, 5) is 44.0. The van der Waals surface area contributed by atoms with E-state index in [1.165, 1.54) is 0 Å². The van der Waals surface area contributed by atoms with Crippen molar-refractivity contribution >= 4 is 52.7 Å². The third-order valence-corrected chi connectivity index (χ3v) is 15.9. The minimum absolute atomic E-state index is 0. The van der Waals surface area contributed by atoms with Crippen LogP contribution in [0.2, 0.25) is 0 Å². The Balaban J connectivity index is 0.00000496. The lowest BCUT2D eigenvalue weighted by atomic mass is 10.0. The number of nitrogens with one attached hydrogen (secondary N) is 1. The maximum Gasteiger partial charge on any atom is 0.356 e. The molecule has 7 nitrogen and oxygen atoms in total. The molecule has 2 aliphatic heterocycles. The predicted molar refractivity (Wildman–Crippen MR) is 225 cm³/mol. The molecule has 2 atom stereocenters. The number of hydrogen-bond acceptors (Lipinski definition) is 6. The smallest absolute Gasteiger partial charge is 0.356 e. The average molecular weight is 856 g/mol. The summed E-state index contributed by atoms with van der Waals surface area (Å²) < 4.78 is 12.2. The number of hydrogen-bond donors (Lipinski definition) is 1. The van der Waals surface area contributed by atoms with Gasteiger partial charge in [-0.15, -0.1) is 11.8 Å². The van der Waals surface area contributed by atoms with Crippen LogP contribution in [0.15, 0.2) is 193 Å². The number of thioether (sulfide) groups is 1. The number of β-lactam (4-membered cyclic amide) rings is 1. The molecule has 6 aromatic carbocycles. The standard InChI is InChI=1S/C47H39N2O5PS.BrH/c50-41(31-53-37-23-11-3-12-24-37)48-42-45(51)49-43(47(52)54-44(34-19-7-1-8-20-34)35-21-9-2-10-22-35)36(33-56-46(42)49)32-55(38-25-13-4-14-26-38,39-27-15-5-16-28-39)40-29-17-6-18-30-40;/h1-30,42,44,46H,31-33H2;1H/t42-,46+;/m1./s1. The monoisotopic (exact) mass is 854 g/mol. The lowest BCUT2D eigenvalue weighted by molar-refractivity contribution is -0.154. The molecular weight excluding hydrogens is 815 g/mol. The number of nitrogens with zero attached hydrogens (tertiary/aromatic N) is 1. The molecule has 8 rings (SSSR count). The first-order chi connectivity index (χ1) is 27.5. The second-order valence-electron chi connectivity index (χ2n) is 13.6. The SMILES string of the molecule is O=C(COc1ccccc1)N[C@@H]1C(=O)N2C(C(=O)OC(c3ccccc3)c3ccccc3)=C(C[P+](c3ccccc3)(c3ccccc3)c3ccccc3)CS[C@@H]12.[Br-]. The average Bonchev–Trinajstić information content (AvgIpc) is 3.27. The number of amides is 2. The molecule has 57 heavy (non-hydrogen) atoms. The van der Waals surface area contributed by atoms with Gasteiger partial charge in [0.2, 0.25) is 0 Å². The van der Waals surface area contributed by atoms with E-state index in [9.17, 15) is 9.59 Å². The topological polar surface area (TPSA) is 84.9 Å². The van der Waals surface area contributed by atoms with Gasteiger partial charge in [-0.25, -0.2) is 4.79 Å². The van der Waals surface area contributed by atoms with Crippen LogP contribution in [0.3, 0.4) is 0 Å². The van der Waals surface area contributed by atoms with Gasteiger partial charge in [-0.3, -0.25) is 14.5 Å². The highest BCUT2D eigenvalue weighted by molar-refractivity contribution is 8.00. The molecule has 0 radical (unpaired) electrons. The number of para-hydroxylation sites is 1. The third kappa shape index (κ3) is 8.33. The molecule has 2 aliphatic rings. The van der Waals surface area contributed by atoms with E-state index < -0.39 is 36.7 Å². The van der Waals surface area contributed by atoms with Crippen molar-refractivity contribution in [1.82, 2.24) is 10.2 Å². The van der Waals surface area contributed by atoms with Crippen molar-refractivity contribution in [3.63, 3.8) is 0 Å². The normalized spacial score (nSPS) is 16.2. The van der Waals surface area contributed by atoms with Gasteiger partial charge in [0, 0.05) is 11.3 Å². The van der Waals surface area contributed by atoms with Crippen molar-refractivity contribution in [2.45, 2.75) is 17.5 Å². The number of carbonyl (C=O) groups excluding carboxylic acids is 3. The van der Waals surface area contributed by atoms with Crippen molar-refractivity contribution in [2.24, 2.45) is 0 Å². The lowest BCUT2D eigenvalue weighted by Gasteiger charge is -2.50. The number of carbonyl (C=O) groups is 3. The Morgan fingerprint density at radius 2 is 1.11 bits per heavy atom. The summed E-state index contributed by atoms with van der Waals surface area (Å²) in [5.41, 5.74) is 2.70. The highest BCUT2D eigenvalue weighted by atomic mass is 79.9. The summed E-state index contributed by atoms with van der Waals surface area (Å²) in [6.45, 7) is -0.241. The predicted octanol–water partition coefficient (Wildman–Crippen LogP) is 4.05. The van der Waals surface area contributed by atoms with Crippen LogP contribution < -0.4 is 42.9 Å². The highest BCUT2D eigenvalue weighted by Crippen LogP contribution is 2.58. The van der Waals surface area contributed by atoms with Crippen LogP contribution in [0.25, 0.3) is 0 Å². The summed E-state index contributed by atoms with van der Waals surface area (Å²) in [5.74, 6) is -0.343. The summed E-state index contributed by atoms with van der Waals surface area (Å²) in [6, 6.07) is 58.9. The summed E-state index contributed by atoms with van der Waals surface area (Å²) in [7, 11) is -2.47. The van der Waals surface area contributed by atoms with E-state index >= 15 is 4.79 Å². The van der Waals surface area contributed by atoms with Gasteiger partial charge in [0.15, 0.2) is 12.7 Å². The van der Waals surface area contributed by atoms with Crippen LogP contribution in [0.1, 0.15) is 17.2 Å². The lowest BCUT2D eigenvalue weighted by Crippen LogP contribution is -3.00. The molecule has 0 unspecified atom stereocenters. The van der Waals surface area contributed by atoms with Crippen molar-refractivity contribution in [3.8, 4) is 5.75 Å². The zero-order valence-corrected chi connectivity index (χ0v) is 34.2. The Morgan fingerprint density at radius 3 is 1.58 bits per heavy atom. The van der Waals surface area contributed by atoms with Gasteiger partial charge in [0.05, 0.1) is 6.16 Å². The number of fused-ring (bicyclic) bond motifs is 1. The fraction of sp³-hybridized carbons (Fsp3) is 0.128. The quantitative estimate of drug-likeness (QED) is 0.107. The first-order valence-electron chi connectivity index (χ1n) is 18.5. The van der Waals surface area contributed by atoms with Gasteiger partial charge >= 0.3 is 5.97 Å². The van der Waals surface area contributed by atoms with E-state index in [2.05, 4.69) is 78.1 Å². The van der Waals surface area contributed by atoms with E-state index in [-0.39, 0.29) is 35.2 Å². The van der Waals surface area contributed by atoms with E-state index in [4.69, 9.17) is 9.47 Å². The van der Waals surface area contributed by atoms with Crippen LogP contribution in [0.5, 0.6) is 5.75 Å². The molecule has 286 valence electrons. The van der Waals surface area contributed by atoms with Gasteiger partial charge in [-0.2, -0.15) is 0 Å². The number of rotatable bonds is 13. The maximum absolute atomic E-state index is 15.0. The van der Waals surface area contributed by atoms with E-state index in [1.54, 1.807) is 28.8 Å². The number of esters is 1. The minimum atomic E-state index is -2.47. The molecule has 0 aromatic heterocycles. The fourth-order valence-electron chi connectivity index (χ4n) is 7.48. The number of benzene rings is 6. The van der Waals surface area contributed by atoms with E-state index in [0.29, 0.717) is 17.7 Å². The van der Waals surface area contributed by atoms with E-state index in [1.807, 2.05) is 97.1 Å². The summed E-state index contributed by atoms with van der Waals surface area (Å²) in [6.07, 6.45) is -0.215. The summed E-state index contributed by atoms with van der Waals surface area (Å²) in [5, 5.41) is 5.87. The first kappa shape index (κ1) is 39.8. The zero-order valence-electron chi connectivity index (χ0n) is 30.9. The molecule has 0 aliphatic carbocycles. The van der Waals surface area contributed by atoms with Crippen LogP contribution in [0, 0.1) is 0 Å². The van der Waals surface area contributed by atoms with Crippen LogP contribution in [0.4, 0.5) is 0 Å². The van der Waals surface area contributed by atoms with Crippen molar-refractivity contribution in [3.05, 3.63) is 204 Å². The summed E-state index contributed by atoms with van der Waals surface area (Å²) >= 11 is 1.55. The molecule has 6 aromatic rings. The molecule has 1 N–H and O–H groups in total. The number of halogens is 1. The largest absolute Gasteiger partial charge is 1.00 e. The van der Waals surface area contributed by atoms with Crippen molar-refractivity contribution in [2.75, 3.05) is 18.5 Å². The van der Waals surface area contributed by atoms with Crippen LogP contribution in [-0.2, 0) is 19.1 Å². The molecule has 0 saturated carbocycles. The molecule has 2 amide bonds. The minimum Gasteiger partial charge on any atom is -1.00 e. The Morgan fingerprint density at radius 1 is 0.667 bits per heavy atom.